The summed E-state index contributed by atoms with van der Waals surface area (Å²) in [7, 11) is -0.419. The molecule has 0 aromatic carbocycles. The molecule has 2 saturated heterocycles. The van der Waals surface area contributed by atoms with Crippen LogP contribution >= 0.6 is 8.38 Å². The van der Waals surface area contributed by atoms with Gasteiger partial charge in [-0.15, -0.1) is 0 Å². The van der Waals surface area contributed by atoms with E-state index in [9.17, 15) is 0 Å². The number of hydrogen-bond acceptors (Lipinski definition) is 4. The third-order valence-corrected chi connectivity index (χ3v) is 2.51. The predicted molar refractivity (Wildman–Crippen MR) is 55.0 cm³/mol. The Bertz CT molecular complexity index is 101. The molecule has 0 aliphatic carbocycles. The van der Waals surface area contributed by atoms with Crippen LogP contribution in [-0.2, 0) is 18.4 Å². The zero-order valence-electron chi connectivity index (χ0n) is 7.49. The first-order valence-corrected chi connectivity index (χ1v) is 5.64. The molecule has 0 spiro atoms. The van der Waals surface area contributed by atoms with Crippen molar-refractivity contribution >= 4 is 15.5 Å². The molecule has 0 atom stereocenters. The summed E-state index contributed by atoms with van der Waals surface area (Å²) in [6.45, 7) is 6.97. The summed E-state index contributed by atoms with van der Waals surface area (Å²) in [5.41, 5.74) is 0. The van der Waals surface area contributed by atoms with E-state index in [1.54, 1.807) is 0 Å². The molecule has 2 heterocycles. The molecule has 0 amide bonds. The van der Waals surface area contributed by atoms with Crippen molar-refractivity contribution < 1.29 is 18.4 Å². The fourth-order valence-corrected chi connectivity index (χ4v) is 1.58. The average molecular weight is 208 g/mol. The molecule has 0 N–H and O–H groups in total. The fourth-order valence-electron chi connectivity index (χ4n) is 0.845. The van der Waals surface area contributed by atoms with Gasteiger partial charge in [-0.05, 0) is 6.82 Å². The van der Waals surface area contributed by atoms with Crippen LogP contribution in [0.2, 0.25) is 6.82 Å². The van der Waals surface area contributed by atoms with Crippen LogP contribution in [-0.4, -0.2) is 40.2 Å². The second-order valence-corrected chi connectivity index (χ2v) is 3.81. The average Bonchev–Trinajstić information content (AvgIpc) is 2.63. The van der Waals surface area contributed by atoms with E-state index < -0.39 is 8.38 Å². The Morgan fingerprint density at radius 1 is 1.00 bits per heavy atom. The maximum atomic E-state index is 5.00. The molecule has 0 unspecified atom stereocenters. The summed E-state index contributed by atoms with van der Waals surface area (Å²) in [6.07, 6.45) is 0. The van der Waals surface area contributed by atoms with Crippen LogP contribution in [0.4, 0.5) is 0 Å². The molecule has 2 aliphatic rings. The monoisotopic (exact) mass is 208 g/mol. The lowest BCUT2D eigenvalue weighted by Crippen LogP contribution is -2.05. The highest BCUT2D eigenvalue weighted by Crippen LogP contribution is 2.37. The summed E-state index contributed by atoms with van der Waals surface area (Å²) < 4.78 is 19.9. The number of rotatable bonds is 0. The Kier molecular flexibility index (Phi) is 7.91. The molecule has 2 aliphatic heterocycles. The summed E-state index contributed by atoms with van der Waals surface area (Å²) >= 11 is 0. The van der Waals surface area contributed by atoms with Crippen molar-refractivity contribution in [1.82, 2.24) is 0 Å². The van der Waals surface area contributed by atoms with Crippen LogP contribution in [0.5, 0.6) is 0 Å². The first kappa shape index (κ1) is 13.3. The van der Waals surface area contributed by atoms with Crippen molar-refractivity contribution in [2.24, 2.45) is 0 Å². The van der Waals surface area contributed by atoms with Crippen LogP contribution in [0, 0.1) is 0 Å². The van der Waals surface area contributed by atoms with E-state index in [2.05, 4.69) is 0 Å². The second-order valence-electron chi connectivity index (χ2n) is 2.42. The van der Waals surface area contributed by atoms with E-state index in [0.717, 1.165) is 26.4 Å². The number of hydrogen-bond donors (Lipinski definition) is 0. The SMILES string of the molecule is C.CB1OCCO1.CP1OCCO1. The minimum absolute atomic E-state index is 0. The summed E-state index contributed by atoms with van der Waals surface area (Å²) in [4.78, 5) is 0. The zero-order chi connectivity index (χ0) is 8.81. The summed E-state index contributed by atoms with van der Waals surface area (Å²) in [5.74, 6) is 0. The highest BCUT2D eigenvalue weighted by Gasteiger charge is 2.14. The topological polar surface area (TPSA) is 36.9 Å². The highest BCUT2D eigenvalue weighted by molar-refractivity contribution is 7.46. The van der Waals surface area contributed by atoms with Gasteiger partial charge in [0.2, 0.25) is 0 Å². The van der Waals surface area contributed by atoms with Gasteiger partial charge in [0.15, 0.2) is 8.38 Å². The van der Waals surface area contributed by atoms with Gasteiger partial charge in [0.25, 0.3) is 0 Å². The zero-order valence-corrected chi connectivity index (χ0v) is 8.38. The van der Waals surface area contributed by atoms with Crippen molar-refractivity contribution in [2.75, 3.05) is 33.1 Å². The molecule has 0 aromatic rings. The first-order valence-electron chi connectivity index (χ1n) is 4.02. The van der Waals surface area contributed by atoms with Gasteiger partial charge in [0.1, 0.15) is 0 Å². The third-order valence-electron chi connectivity index (χ3n) is 1.42. The van der Waals surface area contributed by atoms with Crippen molar-refractivity contribution in [3.8, 4) is 0 Å². The predicted octanol–water partition coefficient (Wildman–Crippen LogP) is 1.76. The fraction of sp³-hybridized carbons (Fsp3) is 1.00. The Morgan fingerprint density at radius 3 is 1.62 bits per heavy atom. The highest BCUT2D eigenvalue weighted by atomic mass is 31.2. The van der Waals surface area contributed by atoms with E-state index in [1.807, 2.05) is 13.5 Å². The van der Waals surface area contributed by atoms with E-state index in [4.69, 9.17) is 18.4 Å². The largest absolute Gasteiger partial charge is 0.453 e. The normalized spacial score (nSPS) is 22.2. The molecule has 0 aromatic heterocycles. The Hall–Kier alpha value is 0.335. The molecular weight excluding hydrogens is 190 g/mol. The minimum Gasteiger partial charge on any atom is -0.409 e. The van der Waals surface area contributed by atoms with Crippen LogP contribution in [0.15, 0.2) is 0 Å². The molecule has 2 rings (SSSR count). The van der Waals surface area contributed by atoms with Crippen molar-refractivity contribution in [1.29, 1.82) is 0 Å². The van der Waals surface area contributed by atoms with Crippen LogP contribution < -0.4 is 0 Å². The molecule has 4 nitrogen and oxygen atoms in total. The summed E-state index contributed by atoms with van der Waals surface area (Å²) in [6, 6.07) is 0. The maximum Gasteiger partial charge on any atom is 0.453 e. The van der Waals surface area contributed by atoms with Gasteiger partial charge in [0, 0.05) is 6.66 Å². The third kappa shape index (κ3) is 6.41. The van der Waals surface area contributed by atoms with Crippen molar-refractivity contribution in [3.05, 3.63) is 0 Å². The Balaban J connectivity index is 0.000000206. The van der Waals surface area contributed by atoms with E-state index >= 15 is 0 Å². The molecule has 78 valence electrons. The molecule has 6 heteroatoms. The molecule has 13 heavy (non-hydrogen) atoms. The molecule has 0 bridgehead atoms. The standard InChI is InChI=1S/C3H7BO2.C3H7O2P.CH4/c1-4-5-2-3-6-4;1-6-4-2-3-5-6;/h2*2-3H2,1H3;1H4. The molecule has 2 fully saturated rings. The van der Waals surface area contributed by atoms with Gasteiger partial charge < -0.3 is 18.4 Å². The lowest BCUT2D eigenvalue weighted by molar-refractivity contribution is 0.365. The van der Waals surface area contributed by atoms with Crippen molar-refractivity contribution in [3.63, 3.8) is 0 Å². The Morgan fingerprint density at radius 2 is 1.46 bits per heavy atom. The van der Waals surface area contributed by atoms with Gasteiger partial charge in [-0.3, -0.25) is 0 Å². The smallest absolute Gasteiger partial charge is 0.409 e. The van der Waals surface area contributed by atoms with Gasteiger partial charge in [0.05, 0.1) is 26.4 Å². The summed E-state index contributed by atoms with van der Waals surface area (Å²) in [5, 5.41) is 0. The minimum atomic E-state index is -0.465. The molecular formula is C7H18BO4P. The van der Waals surface area contributed by atoms with Crippen LogP contribution in [0.25, 0.3) is 0 Å². The first-order chi connectivity index (χ1) is 5.79. The van der Waals surface area contributed by atoms with Gasteiger partial charge in [-0.2, -0.15) is 0 Å². The molecule has 0 saturated carbocycles. The van der Waals surface area contributed by atoms with Gasteiger partial charge in [-0.25, -0.2) is 0 Å². The van der Waals surface area contributed by atoms with E-state index in [0.29, 0.717) is 0 Å². The lowest BCUT2D eigenvalue weighted by Gasteiger charge is -1.93. The van der Waals surface area contributed by atoms with Crippen LogP contribution in [0.3, 0.4) is 0 Å². The quantitative estimate of drug-likeness (QED) is 0.449. The van der Waals surface area contributed by atoms with Crippen LogP contribution in [0.1, 0.15) is 7.43 Å². The second kappa shape index (κ2) is 7.71. The molecule has 0 radical (unpaired) electrons. The lowest BCUT2D eigenvalue weighted by atomic mass is 9.97. The van der Waals surface area contributed by atoms with Crippen molar-refractivity contribution in [2.45, 2.75) is 14.2 Å². The van der Waals surface area contributed by atoms with E-state index in [-0.39, 0.29) is 14.5 Å². The van der Waals surface area contributed by atoms with Gasteiger partial charge in [-0.1, -0.05) is 7.43 Å². The Labute approximate surface area is 81.9 Å². The van der Waals surface area contributed by atoms with E-state index in [1.165, 1.54) is 0 Å². The maximum absolute atomic E-state index is 5.00. The van der Waals surface area contributed by atoms with Gasteiger partial charge >= 0.3 is 7.12 Å².